The third kappa shape index (κ3) is 4.04. The molecule has 1 aliphatic heterocycles. The molecule has 2 amide bonds. The highest BCUT2D eigenvalue weighted by molar-refractivity contribution is 9.10. The zero-order chi connectivity index (χ0) is 16.9. The average Bonchev–Trinajstić information content (AvgIpc) is 2.59. The minimum absolute atomic E-state index is 0.0438. The number of hydrogen-bond acceptors (Lipinski definition) is 4. The van der Waals surface area contributed by atoms with E-state index >= 15 is 0 Å². The van der Waals surface area contributed by atoms with Crippen LogP contribution in [0.25, 0.3) is 5.70 Å². The second kappa shape index (κ2) is 7.63. The Labute approximate surface area is 152 Å². The van der Waals surface area contributed by atoms with Crippen molar-refractivity contribution < 1.29 is 9.59 Å². The van der Waals surface area contributed by atoms with E-state index in [9.17, 15) is 9.59 Å². The molecule has 0 fully saturated rings. The van der Waals surface area contributed by atoms with Crippen molar-refractivity contribution in [1.29, 1.82) is 0 Å². The molecule has 2 heterocycles. The van der Waals surface area contributed by atoms with Crippen molar-refractivity contribution in [2.24, 2.45) is 0 Å². The SMILES string of the molecule is O=C(CN1C(=O)CSC=C1c1ccccc1)Nc1ccc(Br)cn1. The molecule has 1 aliphatic rings. The van der Waals surface area contributed by atoms with Crippen LogP contribution in [0.2, 0.25) is 0 Å². The molecule has 1 N–H and O–H groups in total. The van der Waals surface area contributed by atoms with Gasteiger partial charge >= 0.3 is 0 Å². The average molecular weight is 404 g/mol. The fourth-order valence-corrected chi connectivity index (χ4v) is 3.29. The van der Waals surface area contributed by atoms with Gasteiger partial charge in [-0.25, -0.2) is 4.98 Å². The number of aromatic nitrogens is 1. The van der Waals surface area contributed by atoms with Gasteiger partial charge in [0.05, 0.1) is 11.4 Å². The highest BCUT2D eigenvalue weighted by atomic mass is 79.9. The van der Waals surface area contributed by atoms with Crippen LogP contribution in [-0.2, 0) is 9.59 Å². The molecule has 24 heavy (non-hydrogen) atoms. The van der Waals surface area contributed by atoms with Crippen molar-refractivity contribution in [3.05, 3.63) is 64.1 Å². The quantitative estimate of drug-likeness (QED) is 0.849. The maximum Gasteiger partial charge on any atom is 0.245 e. The number of nitrogens with zero attached hydrogens (tertiary/aromatic N) is 2. The van der Waals surface area contributed by atoms with Crippen LogP contribution in [0.4, 0.5) is 5.82 Å². The fourth-order valence-electron chi connectivity index (χ4n) is 2.25. The molecular weight excluding hydrogens is 390 g/mol. The van der Waals surface area contributed by atoms with Crippen LogP contribution in [-0.4, -0.2) is 34.0 Å². The lowest BCUT2D eigenvalue weighted by Gasteiger charge is -2.28. The van der Waals surface area contributed by atoms with Gasteiger partial charge in [0.2, 0.25) is 11.8 Å². The summed E-state index contributed by atoms with van der Waals surface area (Å²) in [6.07, 6.45) is 1.60. The van der Waals surface area contributed by atoms with Gasteiger partial charge in [-0.1, -0.05) is 30.3 Å². The zero-order valence-electron chi connectivity index (χ0n) is 12.6. The molecular formula is C17H14BrN3O2S. The number of rotatable bonds is 4. The first-order valence-electron chi connectivity index (χ1n) is 7.22. The summed E-state index contributed by atoms with van der Waals surface area (Å²) in [6.45, 7) is -0.0438. The molecule has 5 nitrogen and oxygen atoms in total. The molecule has 0 atom stereocenters. The first-order chi connectivity index (χ1) is 11.6. The third-order valence-corrected chi connectivity index (χ3v) is 4.63. The van der Waals surface area contributed by atoms with E-state index in [1.165, 1.54) is 16.7 Å². The number of nitrogens with one attached hydrogen (secondary N) is 1. The Morgan fingerprint density at radius 2 is 2.04 bits per heavy atom. The number of pyridine rings is 1. The summed E-state index contributed by atoms with van der Waals surface area (Å²) >= 11 is 4.73. The second-order valence-electron chi connectivity index (χ2n) is 5.07. The van der Waals surface area contributed by atoms with Crippen LogP contribution in [0.1, 0.15) is 5.56 Å². The number of benzene rings is 1. The van der Waals surface area contributed by atoms with Crippen LogP contribution in [0.5, 0.6) is 0 Å². The lowest BCUT2D eigenvalue weighted by atomic mass is 10.1. The Kier molecular flexibility index (Phi) is 5.32. The van der Waals surface area contributed by atoms with E-state index in [2.05, 4.69) is 26.2 Å². The monoisotopic (exact) mass is 403 g/mol. The summed E-state index contributed by atoms with van der Waals surface area (Å²) in [7, 11) is 0. The summed E-state index contributed by atoms with van der Waals surface area (Å²) in [5.41, 5.74) is 1.66. The molecule has 0 unspecified atom stereocenters. The van der Waals surface area contributed by atoms with Gasteiger partial charge in [-0.2, -0.15) is 0 Å². The Morgan fingerprint density at radius 1 is 1.25 bits per heavy atom. The Hall–Kier alpha value is -2.12. The van der Waals surface area contributed by atoms with Crippen LogP contribution >= 0.6 is 27.7 Å². The normalized spacial score (nSPS) is 14.3. The van der Waals surface area contributed by atoms with Crippen molar-refractivity contribution >= 4 is 51.0 Å². The van der Waals surface area contributed by atoms with Gasteiger partial charge in [0.25, 0.3) is 0 Å². The standard InChI is InChI=1S/C17H14BrN3O2S/c18-13-6-7-15(19-8-13)20-16(22)9-21-14(10-24-11-17(21)23)12-4-2-1-3-5-12/h1-8,10H,9,11H2,(H,19,20,22). The number of carbonyl (C=O) groups is 2. The fraction of sp³-hybridized carbons (Fsp3) is 0.118. The van der Waals surface area contributed by atoms with Crippen molar-refractivity contribution in [3.8, 4) is 0 Å². The largest absolute Gasteiger partial charge is 0.309 e. The topological polar surface area (TPSA) is 62.3 Å². The summed E-state index contributed by atoms with van der Waals surface area (Å²) in [6, 6.07) is 13.1. The lowest BCUT2D eigenvalue weighted by molar-refractivity contribution is -0.129. The molecule has 0 saturated heterocycles. The molecule has 0 radical (unpaired) electrons. The van der Waals surface area contributed by atoms with Crippen LogP contribution < -0.4 is 5.32 Å². The van der Waals surface area contributed by atoms with Gasteiger partial charge < -0.3 is 10.2 Å². The molecule has 0 bridgehead atoms. The molecule has 0 aliphatic carbocycles. The van der Waals surface area contributed by atoms with E-state index < -0.39 is 0 Å². The van der Waals surface area contributed by atoms with Crippen molar-refractivity contribution in [2.45, 2.75) is 0 Å². The van der Waals surface area contributed by atoms with Crippen molar-refractivity contribution in [3.63, 3.8) is 0 Å². The number of halogens is 1. The predicted octanol–water partition coefficient (Wildman–Crippen LogP) is 3.36. The molecule has 0 spiro atoms. The van der Waals surface area contributed by atoms with Gasteiger partial charge in [-0.05, 0) is 39.0 Å². The summed E-state index contributed by atoms with van der Waals surface area (Å²) in [4.78, 5) is 30.2. The minimum Gasteiger partial charge on any atom is -0.309 e. The summed E-state index contributed by atoms with van der Waals surface area (Å²) in [5.74, 6) is 0.416. The van der Waals surface area contributed by atoms with E-state index in [4.69, 9.17) is 0 Å². The van der Waals surface area contributed by atoms with Gasteiger partial charge in [0.1, 0.15) is 12.4 Å². The van der Waals surface area contributed by atoms with Crippen LogP contribution in [0, 0.1) is 0 Å². The van der Waals surface area contributed by atoms with E-state index in [1.54, 1.807) is 18.3 Å². The van der Waals surface area contributed by atoms with Crippen molar-refractivity contribution in [1.82, 2.24) is 9.88 Å². The van der Waals surface area contributed by atoms with Crippen LogP contribution in [0.3, 0.4) is 0 Å². The molecule has 2 aromatic rings. The first kappa shape index (κ1) is 16.7. The van der Waals surface area contributed by atoms with Crippen LogP contribution in [0.15, 0.2) is 58.5 Å². The Morgan fingerprint density at radius 3 is 2.75 bits per heavy atom. The highest BCUT2D eigenvalue weighted by Crippen LogP contribution is 2.27. The number of anilines is 1. The molecule has 7 heteroatoms. The summed E-state index contributed by atoms with van der Waals surface area (Å²) in [5, 5.41) is 4.63. The number of hydrogen-bond donors (Lipinski definition) is 1. The second-order valence-corrected chi connectivity index (χ2v) is 6.84. The lowest BCUT2D eigenvalue weighted by Crippen LogP contribution is -2.39. The van der Waals surface area contributed by atoms with E-state index in [0.29, 0.717) is 11.6 Å². The maximum atomic E-state index is 12.3. The number of thioether (sulfide) groups is 1. The summed E-state index contributed by atoms with van der Waals surface area (Å²) < 4.78 is 0.832. The maximum absolute atomic E-state index is 12.3. The smallest absolute Gasteiger partial charge is 0.245 e. The van der Waals surface area contributed by atoms with Gasteiger partial charge in [0, 0.05) is 10.7 Å². The minimum atomic E-state index is -0.285. The highest BCUT2D eigenvalue weighted by Gasteiger charge is 2.25. The van der Waals surface area contributed by atoms with E-state index in [1.807, 2.05) is 35.7 Å². The predicted molar refractivity (Wildman–Crippen MR) is 99.2 cm³/mol. The molecule has 122 valence electrons. The Bertz CT molecular complexity index is 778. The molecule has 1 aromatic carbocycles. The zero-order valence-corrected chi connectivity index (χ0v) is 15.0. The number of amides is 2. The molecule has 3 rings (SSSR count). The molecule has 1 aromatic heterocycles. The Balaban J connectivity index is 1.74. The van der Waals surface area contributed by atoms with Gasteiger partial charge in [-0.3, -0.25) is 9.59 Å². The first-order valence-corrected chi connectivity index (χ1v) is 9.06. The number of carbonyl (C=O) groups excluding carboxylic acids is 2. The van der Waals surface area contributed by atoms with Gasteiger partial charge in [0.15, 0.2) is 0 Å². The molecule has 0 saturated carbocycles. The van der Waals surface area contributed by atoms with E-state index in [0.717, 1.165) is 15.7 Å². The van der Waals surface area contributed by atoms with Crippen molar-refractivity contribution in [2.75, 3.05) is 17.6 Å². The third-order valence-electron chi connectivity index (χ3n) is 3.36. The van der Waals surface area contributed by atoms with E-state index in [-0.39, 0.29) is 18.4 Å². The van der Waals surface area contributed by atoms with Gasteiger partial charge in [-0.15, -0.1) is 11.8 Å².